The molecule has 3 aliphatic carbocycles. The van der Waals surface area contributed by atoms with Crippen molar-refractivity contribution >= 4 is 34.8 Å². The van der Waals surface area contributed by atoms with E-state index in [9.17, 15) is 9.59 Å². The third kappa shape index (κ3) is 4.13. The van der Waals surface area contributed by atoms with E-state index in [1.807, 2.05) is 6.92 Å². The summed E-state index contributed by atoms with van der Waals surface area (Å²) in [6, 6.07) is 1.66. The summed E-state index contributed by atoms with van der Waals surface area (Å²) in [5.74, 6) is 1.49. The number of aromatic nitrogens is 3. The molecule has 2 heterocycles. The number of hydrogen-bond donors (Lipinski definition) is 2. The summed E-state index contributed by atoms with van der Waals surface area (Å²) in [4.78, 5) is 29.2. The summed E-state index contributed by atoms with van der Waals surface area (Å²) in [6.45, 7) is 8.55. The zero-order valence-electron chi connectivity index (χ0n) is 18.7. The van der Waals surface area contributed by atoms with Crippen LogP contribution >= 0.6 is 23.2 Å². The first-order chi connectivity index (χ1) is 15.1. The molecule has 32 heavy (non-hydrogen) atoms. The van der Waals surface area contributed by atoms with Crippen LogP contribution in [-0.2, 0) is 11.3 Å². The highest BCUT2D eigenvalue weighted by molar-refractivity contribution is 6.33. The molecular weight excluding hydrogens is 449 g/mol. The SMILES string of the molecule is CC(NC(=O)Cn1ncc(N[C@@H]2C[C@@H]3C[C@H]([C@H]2C)C3(C)C)c(Cl)c1=O)c1ccncc1Cl. The van der Waals surface area contributed by atoms with Gasteiger partial charge in [0.2, 0.25) is 5.91 Å². The van der Waals surface area contributed by atoms with Gasteiger partial charge >= 0.3 is 0 Å². The van der Waals surface area contributed by atoms with Crippen molar-refractivity contribution in [2.45, 2.75) is 59.2 Å². The molecular formula is C23H29Cl2N5O2. The normalized spacial score (nSPS) is 26.7. The Balaban J connectivity index is 1.41. The quantitative estimate of drug-likeness (QED) is 0.646. The number of anilines is 1. The minimum atomic E-state index is -0.490. The van der Waals surface area contributed by atoms with E-state index >= 15 is 0 Å². The maximum absolute atomic E-state index is 12.8. The van der Waals surface area contributed by atoms with Crippen LogP contribution < -0.4 is 16.2 Å². The highest BCUT2D eigenvalue weighted by Gasteiger charge is 2.56. The lowest BCUT2D eigenvalue weighted by Gasteiger charge is -2.62. The molecule has 2 N–H and O–H groups in total. The molecule has 0 spiro atoms. The minimum Gasteiger partial charge on any atom is -0.379 e. The van der Waals surface area contributed by atoms with Gasteiger partial charge in [0.1, 0.15) is 11.6 Å². The average Bonchev–Trinajstić information content (AvgIpc) is 2.74. The van der Waals surface area contributed by atoms with Gasteiger partial charge in [-0.05, 0) is 54.6 Å². The van der Waals surface area contributed by atoms with E-state index in [4.69, 9.17) is 23.2 Å². The van der Waals surface area contributed by atoms with Crippen LogP contribution in [0, 0.1) is 23.2 Å². The van der Waals surface area contributed by atoms with E-state index in [-0.39, 0.29) is 29.6 Å². The van der Waals surface area contributed by atoms with Gasteiger partial charge in [0, 0.05) is 18.4 Å². The predicted octanol–water partition coefficient (Wildman–Crippen LogP) is 4.31. The summed E-state index contributed by atoms with van der Waals surface area (Å²) < 4.78 is 1.08. The second-order valence-electron chi connectivity index (χ2n) is 9.73. The van der Waals surface area contributed by atoms with E-state index < -0.39 is 5.56 Å². The molecule has 1 unspecified atom stereocenters. The zero-order chi connectivity index (χ0) is 23.2. The monoisotopic (exact) mass is 477 g/mol. The van der Waals surface area contributed by atoms with Crippen LogP contribution in [0.1, 0.15) is 52.1 Å². The van der Waals surface area contributed by atoms with Crippen LogP contribution in [0.25, 0.3) is 0 Å². The van der Waals surface area contributed by atoms with E-state index in [0.717, 1.165) is 16.7 Å². The van der Waals surface area contributed by atoms with Crippen molar-refractivity contribution in [1.82, 2.24) is 20.1 Å². The van der Waals surface area contributed by atoms with Gasteiger partial charge in [-0.2, -0.15) is 5.10 Å². The lowest BCUT2D eigenvalue weighted by atomic mass is 9.45. The third-order valence-electron chi connectivity index (χ3n) is 7.62. The molecule has 2 aromatic heterocycles. The summed E-state index contributed by atoms with van der Waals surface area (Å²) in [5, 5.41) is 11.0. The maximum Gasteiger partial charge on any atom is 0.288 e. The topological polar surface area (TPSA) is 88.9 Å². The van der Waals surface area contributed by atoms with Crippen LogP contribution in [0.2, 0.25) is 10.0 Å². The molecule has 7 nitrogen and oxygen atoms in total. The number of nitrogens with zero attached hydrogens (tertiary/aromatic N) is 3. The van der Waals surface area contributed by atoms with Gasteiger partial charge in [0.25, 0.3) is 5.56 Å². The average molecular weight is 478 g/mol. The molecule has 0 aliphatic heterocycles. The number of fused-ring (bicyclic) bond motifs is 2. The molecule has 9 heteroatoms. The van der Waals surface area contributed by atoms with E-state index in [1.165, 1.54) is 18.8 Å². The van der Waals surface area contributed by atoms with Crippen molar-refractivity contribution in [1.29, 1.82) is 0 Å². The standard InChI is InChI=1S/C23H29Cl2N5O2/c1-12-16-7-14(23(16,3)4)8-18(12)29-19-10-27-30(22(32)21(19)25)11-20(31)28-13(2)15-5-6-26-9-17(15)24/h5-6,9-10,12-14,16,18,29H,7-8,11H2,1-4H3,(H,28,31)/t12-,13?,14+,16-,18-/m1/s1. The number of amides is 1. The first-order valence-electron chi connectivity index (χ1n) is 11.0. The van der Waals surface area contributed by atoms with Gasteiger partial charge in [0.15, 0.2) is 0 Å². The predicted molar refractivity (Wildman–Crippen MR) is 126 cm³/mol. The van der Waals surface area contributed by atoms with Crippen LogP contribution in [0.15, 0.2) is 29.5 Å². The highest BCUT2D eigenvalue weighted by Crippen LogP contribution is 2.61. The number of rotatable bonds is 6. The Labute approximate surface area is 197 Å². The molecule has 172 valence electrons. The van der Waals surface area contributed by atoms with Crippen molar-refractivity contribution in [3.63, 3.8) is 0 Å². The number of nitrogens with one attached hydrogen (secondary N) is 2. The van der Waals surface area contributed by atoms with Crippen molar-refractivity contribution in [2.24, 2.45) is 23.2 Å². The number of carbonyl (C=O) groups is 1. The van der Waals surface area contributed by atoms with Crippen LogP contribution in [0.5, 0.6) is 0 Å². The number of halogens is 2. The van der Waals surface area contributed by atoms with E-state index in [1.54, 1.807) is 12.3 Å². The Morgan fingerprint density at radius 2 is 2.06 bits per heavy atom. The highest BCUT2D eigenvalue weighted by atomic mass is 35.5. The second kappa shape index (κ2) is 8.67. The molecule has 5 rings (SSSR count). The molecule has 2 aromatic rings. The maximum atomic E-state index is 12.8. The molecule has 1 amide bonds. The Morgan fingerprint density at radius 1 is 1.31 bits per heavy atom. The Bertz CT molecular complexity index is 1090. The fraction of sp³-hybridized carbons (Fsp3) is 0.565. The molecule has 0 saturated heterocycles. The first kappa shape index (κ1) is 23.1. The fourth-order valence-corrected chi connectivity index (χ4v) is 5.94. The van der Waals surface area contributed by atoms with Gasteiger partial charge < -0.3 is 10.6 Å². The summed E-state index contributed by atoms with van der Waals surface area (Å²) in [7, 11) is 0. The zero-order valence-corrected chi connectivity index (χ0v) is 20.2. The van der Waals surface area contributed by atoms with Crippen molar-refractivity contribution in [3.8, 4) is 0 Å². The minimum absolute atomic E-state index is 0.0590. The van der Waals surface area contributed by atoms with Crippen molar-refractivity contribution < 1.29 is 4.79 Å². The van der Waals surface area contributed by atoms with Gasteiger partial charge in [-0.1, -0.05) is 44.0 Å². The van der Waals surface area contributed by atoms with Gasteiger partial charge in [-0.3, -0.25) is 14.6 Å². The summed E-state index contributed by atoms with van der Waals surface area (Å²) >= 11 is 12.5. The van der Waals surface area contributed by atoms with Crippen LogP contribution in [0.3, 0.4) is 0 Å². The first-order valence-corrected chi connectivity index (χ1v) is 11.8. The molecule has 0 radical (unpaired) electrons. The van der Waals surface area contributed by atoms with E-state index in [2.05, 4.69) is 41.5 Å². The number of hydrogen-bond acceptors (Lipinski definition) is 5. The van der Waals surface area contributed by atoms with Crippen LogP contribution in [0.4, 0.5) is 5.69 Å². The lowest BCUT2D eigenvalue weighted by Crippen LogP contribution is -2.58. The fourth-order valence-electron chi connectivity index (χ4n) is 5.46. The molecule has 3 aliphatic rings. The van der Waals surface area contributed by atoms with Crippen molar-refractivity contribution in [2.75, 3.05) is 5.32 Å². The van der Waals surface area contributed by atoms with Crippen molar-refractivity contribution in [3.05, 3.63) is 50.6 Å². The molecule has 3 fully saturated rings. The summed E-state index contributed by atoms with van der Waals surface area (Å²) in [5.41, 5.74) is 1.17. The lowest BCUT2D eigenvalue weighted by molar-refractivity contribution is -0.122. The number of carbonyl (C=O) groups excluding carboxylic acids is 1. The molecule has 5 atom stereocenters. The molecule has 3 saturated carbocycles. The van der Waals surface area contributed by atoms with Gasteiger partial charge in [-0.15, -0.1) is 0 Å². The van der Waals surface area contributed by atoms with Gasteiger partial charge in [0.05, 0.1) is 22.9 Å². The third-order valence-corrected chi connectivity index (χ3v) is 8.30. The van der Waals surface area contributed by atoms with Gasteiger partial charge in [-0.25, -0.2) is 4.68 Å². The van der Waals surface area contributed by atoms with Crippen LogP contribution in [-0.4, -0.2) is 26.7 Å². The molecule has 2 bridgehead atoms. The second-order valence-corrected chi connectivity index (χ2v) is 10.5. The molecule has 0 aromatic carbocycles. The smallest absolute Gasteiger partial charge is 0.288 e. The Kier molecular flexibility index (Phi) is 6.25. The summed E-state index contributed by atoms with van der Waals surface area (Å²) in [6.07, 6.45) is 7.01. The van der Waals surface area contributed by atoms with E-state index in [0.29, 0.717) is 33.9 Å². The Hall–Kier alpha value is -2.12. The Morgan fingerprint density at radius 3 is 2.72 bits per heavy atom. The largest absolute Gasteiger partial charge is 0.379 e. The number of pyridine rings is 1.